The summed E-state index contributed by atoms with van der Waals surface area (Å²) in [4.78, 5) is 12.5. The first-order valence-corrected chi connectivity index (χ1v) is 7.51. The summed E-state index contributed by atoms with van der Waals surface area (Å²) in [6, 6.07) is 0. The topological polar surface area (TPSA) is 92.5 Å². The second-order valence-corrected chi connectivity index (χ2v) is 6.43. The van der Waals surface area contributed by atoms with Crippen LogP contribution in [0.3, 0.4) is 0 Å². The molecule has 0 aliphatic carbocycles. The Labute approximate surface area is 103 Å². The third-order valence-corrected chi connectivity index (χ3v) is 4.04. The Morgan fingerprint density at radius 1 is 1.29 bits per heavy atom. The normalized spacial score (nSPS) is 11.9. The van der Waals surface area contributed by atoms with Crippen molar-refractivity contribution in [3.8, 4) is 0 Å². The molecule has 0 heterocycles. The lowest BCUT2D eigenvalue weighted by Crippen LogP contribution is -2.29. The van der Waals surface area contributed by atoms with Crippen LogP contribution in [0.4, 0.5) is 0 Å². The highest BCUT2D eigenvalue weighted by molar-refractivity contribution is 7.91. The molecule has 7 heteroatoms. The van der Waals surface area contributed by atoms with Crippen molar-refractivity contribution in [2.75, 3.05) is 45.2 Å². The summed E-state index contributed by atoms with van der Waals surface area (Å²) in [6.07, 6.45) is 0.889. The maximum Gasteiger partial charge on any atom is 0.218 e. The van der Waals surface area contributed by atoms with Crippen LogP contribution >= 0.6 is 0 Å². The number of primary amides is 1. The number of rotatable bonds is 10. The molecule has 0 aliphatic heterocycles. The largest absolute Gasteiger partial charge is 0.370 e. The van der Waals surface area contributed by atoms with E-state index in [2.05, 4.69) is 5.32 Å². The van der Waals surface area contributed by atoms with E-state index in [-0.39, 0.29) is 17.9 Å². The van der Waals surface area contributed by atoms with Gasteiger partial charge in [0.15, 0.2) is 9.84 Å². The van der Waals surface area contributed by atoms with Crippen LogP contribution in [-0.4, -0.2) is 64.5 Å². The van der Waals surface area contributed by atoms with Crippen molar-refractivity contribution < 1.29 is 13.2 Å². The van der Waals surface area contributed by atoms with Gasteiger partial charge in [-0.25, -0.2) is 8.42 Å². The van der Waals surface area contributed by atoms with Crippen LogP contribution in [0.5, 0.6) is 0 Å². The summed E-state index contributed by atoms with van der Waals surface area (Å²) >= 11 is 0. The Morgan fingerprint density at radius 3 is 2.47 bits per heavy atom. The van der Waals surface area contributed by atoms with Gasteiger partial charge in [-0.3, -0.25) is 4.79 Å². The lowest BCUT2D eigenvalue weighted by Gasteiger charge is -2.16. The van der Waals surface area contributed by atoms with Crippen LogP contribution in [0.15, 0.2) is 0 Å². The molecule has 0 unspecified atom stereocenters. The molecule has 0 radical (unpaired) electrons. The van der Waals surface area contributed by atoms with Crippen LogP contribution in [0.25, 0.3) is 0 Å². The number of sulfone groups is 1. The highest BCUT2D eigenvalue weighted by atomic mass is 32.2. The van der Waals surface area contributed by atoms with Crippen LogP contribution < -0.4 is 11.1 Å². The van der Waals surface area contributed by atoms with E-state index in [1.165, 1.54) is 0 Å². The average Bonchev–Trinajstić information content (AvgIpc) is 2.25. The van der Waals surface area contributed by atoms with E-state index < -0.39 is 15.7 Å². The van der Waals surface area contributed by atoms with Gasteiger partial charge in [-0.15, -0.1) is 0 Å². The van der Waals surface area contributed by atoms with Crippen molar-refractivity contribution in [2.45, 2.75) is 12.8 Å². The second kappa shape index (κ2) is 8.43. The molecule has 0 atom stereocenters. The van der Waals surface area contributed by atoms with E-state index in [0.29, 0.717) is 6.54 Å². The molecule has 0 spiro atoms. The molecule has 1 amide bonds. The zero-order chi connectivity index (χ0) is 13.3. The van der Waals surface area contributed by atoms with Crippen molar-refractivity contribution >= 4 is 15.7 Å². The minimum absolute atomic E-state index is 0.0797. The quantitative estimate of drug-likeness (QED) is 0.485. The molecule has 3 N–H and O–H groups in total. The maximum atomic E-state index is 11.5. The van der Waals surface area contributed by atoms with Gasteiger partial charge >= 0.3 is 0 Å². The summed E-state index contributed by atoms with van der Waals surface area (Å²) in [7, 11) is 0.611. The molecule has 0 rings (SSSR count). The Kier molecular flexibility index (Phi) is 8.11. The lowest BCUT2D eigenvalue weighted by molar-refractivity contribution is -0.117. The van der Waals surface area contributed by atoms with Crippen molar-refractivity contribution in [2.24, 2.45) is 5.73 Å². The molecular weight excluding hydrogens is 242 g/mol. The number of hydrogen-bond donors (Lipinski definition) is 2. The minimum Gasteiger partial charge on any atom is -0.370 e. The molecule has 0 aromatic carbocycles. The van der Waals surface area contributed by atoms with E-state index in [1.807, 2.05) is 19.0 Å². The van der Waals surface area contributed by atoms with Crippen molar-refractivity contribution in [1.29, 1.82) is 0 Å². The summed E-state index contributed by atoms with van der Waals surface area (Å²) in [5.41, 5.74) is 4.92. The first kappa shape index (κ1) is 16.3. The third-order valence-electron chi connectivity index (χ3n) is 2.41. The molecule has 0 aliphatic rings. The van der Waals surface area contributed by atoms with Crippen LogP contribution in [0.1, 0.15) is 12.8 Å². The predicted octanol–water partition coefficient (Wildman–Crippen LogP) is -1.18. The molecule has 0 saturated heterocycles. The number of nitrogens with zero attached hydrogens (tertiary/aromatic N) is 1. The van der Waals surface area contributed by atoms with Gasteiger partial charge < -0.3 is 16.0 Å². The smallest absolute Gasteiger partial charge is 0.218 e. The van der Waals surface area contributed by atoms with Gasteiger partial charge in [0.1, 0.15) is 0 Å². The molecule has 17 heavy (non-hydrogen) atoms. The molecule has 0 aromatic heterocycles. The number of nitrogens with one attached hydrogen (secondary N) is 1. The summed E-state index contributed by atoms with van der Waals surface area (Å²) in [5.74, 6) is -0.640. The molecule has 0 bridgehead atoms. The first-order valence-electron chi connectivity index (χ1n) is 5.69. The van der Waals surface area contributed by atoms with E-state index in [0.717, 1.165) is 19.5 Å². The van der Waals surface area contributed by atoms with Gasteiger partial charge in [-0.05, 0) is 33.6 Å². The molecule has 0 saturated carbocycles. The van der Waals surface area contributed by atoms with E-state index >= 15 is 0 Å². The number of carbonyl (C=O) groups excluding carboxylic acids is 1. The second-order valence-electron chi connectivity index (χ2n) is 4.13. The fraction of sp³-hybridized carbons (Fsp3) is 0.900. The Bertz CT molecular complexity index is 317. The first-order chi connectivity index (χ1) is 7.87. The fourth-order valence-electron chi connectivity index (χ4n) is 1.29. The van der Waals surface area contributed by atoms with Crippen molar-refractivity contribution in [3.63, 3.8) is 0 Å². The van der Waals surface area contributed by atoms with Crippen molar-refractivity contribution in [3.05, 3.63) is 0 Å². The third kappa shape index (κ3) is 10.2. The van der Waals surface area contributed by atoms with Gasteiger partial charge in [0.25, 0.3) is 0 Å². The Balaban J connectivity index is 3.80. The predicted molar refractivity (Wildman–Crippen MR) is 68.5 cm³/mol. The molecule has 0 fully saturated rings. The number of nitrogens with two attached hydrogens (primary N) is 1. The fourth-order valence-corrected chi connectivity index (χ4v) is 2.60. The average molecular weight is 265 g/mol. The van der Waals surface area contributed by atoms with E-state index in [1.54, 1.807) is 0 Å². The zero-order valence-electron chi connectivity index (χ0n) is 10.6. The Morgan fingerprint density at radius 2 is 1.94 bits per heavy atom. The molecular formula is C10H23N3O3S. The lowest BCUT2D eigenvalue weighted by atomic mass is 10.4. The number of hydrogen-bond acceptors (Lipinski definition) is 5. The Hall–Kier alpha value is -0.660. The monoisotopic (exact) mass is 265 g/mol. The summed E-state index contributed by atoms with van der Waals surface area (Å²) < 4.78 is 23.0. The maximum absolute atomic E-state index is 11.5. The van der Waals surface area contributed by atoms with Gasteiger partial charge in [0.05, 0.1) is 11.5 Å². The van der Waals surface area contributed by atoms with Gasteiger partial charge in [0, 0.05) is 13.0 Å². The highest BCUT2D eigenvalue weighted by Crippen LogP contribution is 1.96. The number of amides is 1. The SMILES string of the molecule is CNCCCN(C)CCS(=O)(=O)CCC(N)=O. The van der Waals surface area contributed by atoms with Crippen LogP contribution in [-0.2, 0) is 14.6 Å². The molecule has 102 valence electrons. The molecule has 6 nitrogen and oxygen atoms in total. The van der Waals surface area contributed by atoms with Crippen LogP contribution in [0.2, 0.25) is 0 Å². The summed E-state index contributed by atoms with van der Waals surface area (Å²) in [5, 5.41) is 3.03. The van der Waals surface area contributed by atoms with Gasteiger partial charge in [-0.1, -0.05) is 0 Å². The van der Waals surface area contributed by atoms with Crippen molar-refractivity contribution in [1.82, 2.24) is 10.2 Å². The summed E-state index contributed by atoms with van der Waals surface area (Å²) in [6.45, 7) is 2.26. The molecule has 0 aromatic rings. The van der Waals surface area contributed by atoms with Crippen LogP contribution in [0, 0.1) is 0 Å². The van der Waals surface area contributed by atoms with E-state index in [4.69, 9.17) is 5.73 Å². The standard InChI is InChI=1S/C10H23N3O3S/c1-12-5-3-6-13(2)7-9-17(15,16)8-4-10(11)14/h12H,3-9H2,1-2H3,(H2,11,14). The van der Waals surface area contributed by atoms with Gasteiger partial charge in [0.2, 0.25) is 5.91 Å². The van der Waals surface area contributed by atoms with E-state index in [9.17, 15) is 13.2 Å². The van der Waals surface area contributed by atoms with Gasteiger partial charge in [-0.2, -0.15) is 0 Å². The number of carbonyl (C=O) groups is 1. The zero-order valence-corrected chi connectivity index (χ0v) is 11.4. The minimum atomic E-state index is -3.16. The highest BCUT2D eigenvalue weighted by Gasteiger charge is 2.13.